The van der Waals surface area contributed by atoms with E-state index in [-0.39, 0.29) is 0 Å². The lowest BCUT2D eigenvalue weighted by Gasteiger charge is -2.03. The summed E-state index contributed by atoms with van der Waals surface area (Å²) in [6.07, 6.45) is 5.57. The lowest BCUT2D eigenvalue weighted by Crippen LogP contribution is -2.04. The summed E-state index contributed by atoms with van der Waals surface area (Å²) in [6, 6.07) is 1.88. The fourth-order valence-corrected chi connectivity index (χ4v) is 2.26. The monoisotopic (exact) mass is 313 g/mol. The van der Waals surface area contributed by atoms with Gasteiger partial charge in [-0.15, -0.1) is 0 Å². The lowest BCUT2D eigenvalue weighted by atomic mass is 10.2. The number of hydrogen-bond donors (Lipinski definition) is 0. The van der Waals surface area contributed by atoms with E-state index in [1.807, 2.05) is 12.3 Å². The summed E-state index contributed by atoms with van der Waals surface area (Å²) in [6.45, 7) is 1.51. The molecule has 0 spiro atoms. The second-order valence-corrected chi connectivity index (χ2v) is 4.41. The summed E-state index contributed by atoms with van der Waals surface area (Å²) < 4.78 is 8.73. The number of rotatable bonds is 0. The van der Waals surface area contributed by atoms with E-state index >= 15 is 0 Å². The predicted octanol–water partition coefficient (Wildman–Crippen LogP) is 1.94. The van der Waals surface area contributed by atoms with Crippen molar-refractivity contribution in [1.29, 1.82) is 0 Å². The Bertz CT molecular complexity index is 509. The zero-order valence-corrected chi connectivity index (χ0v) is 10.0. The maximum atomic E-state index is 5.63. The summed E-state index contributed by atoms with van der Waals surface area (Å²) in [4.78, 5) is 8.59. The fourth-order valence-electron chi connectivity index (χ4n) is 1.70. The molecule has 2 aromatic heterocycles. The van der Waals surface area contributed by atoms with E-state index in [0.29, 0.717) is 6.61 Å². The fraction of sp³-hybridized carbons (Fsp3) is 0.200. The Balaban J connectivity index is 2.26. The van der Waals surface area contributed by atoms with E-state index in [0.717, 1.165) is 27.4 Å². The molecular weight excluding hydrogens is 305 g/mol. The van der Waals surface area contributed by atoms with Crippen molar-refractivity contribution in [2.75, 3.05) is 6.61 Å². The van der Waals surface area contributed by atoms with E-state index in [4.69, 9.17) is 4.74 Å². The first kappa shape index (κ1) is 9.14. The normalized spacial score (nSPS) is 13.7. The van der Waals surface area contributed by atoms with Crippen LogP contribution in [0, 0.1) is 3.70 Å². The number of pyridine rings is 1. The minimum Gasteiger partial charge on any atom is -0.491 e. The summed E-state index contributed by atoms with van der Waals surface area (Å²) in [5.74, 6) is 1.81. The van der Waals surface area contributed by atoms with Crippen molar-refractivity contribution in [3.05, 3.63) is 28.4 Å². The van der Waals surface area contributed by atoms with Gasteiger partial charge in [-0.2, -0.15) is 0 Å². The third-order valence-corrected chi connectivity index (χ3v) is 2.88. The van der Waals surface area contributed by atoms with Crippen molar-refractivity contribution in [3.8, 4) is 17.1 Å². The molecule has 0 aromatic carbocycles. The van der Waals surface area contributed by atoms with Crippen LogP contribution in [-0.4, -0.2) is 21.1 Å². The second-order valence-electron chi connectivity index (χ2n) is 3.30. The van der Waals surface area contributed by atoms with Crippen molar-refractivity contribution in [1.82, 2.24) is 14.5 Å². The molecule has 0 saturated heterocycles. The van der Waals surface area contributed by atoms with Gasteiger partial charge in [0.15, 0.2) is 0 Å². The van der Waals surface area contributed by atoms with E-state index in [1.54, 1.807) is 12.4 Å². The van der Waals surface area contributed by atoms with Crippen LogP contribution in [0.4, 0.5) is 0 Å². The molecule has 2 aromatic rings. The SMILES string of the molecule is Ic1cn2c(n1)-c1cnccc1OCC2. The maximum Gasteiger partial charge on any atom is 0.146 e. The Kier molecular flexibility index (Phi) is 2.12. The van der Waals surface area contributed by atoms with Crippen molar-refractivity contribution in [2.24, 2.45) is 0 Å². The number of ether oxygens (including phenoxy) is 1. The van der Waals surface area contributed by atoms with E-state index in [2.05, 4.69) is 37.1 Å². The molecule has 3 rings (SSSR count). The van der Waals surface area contributed by atoms with Gasteiger partial charge in [-0.1, -0.05) is 0 Å². The third kappa shape index (κ3) is 1.50. The molecule has 0 aliphatic carbocycles. The highest BCUT2D eigenvalue weighted by Crippen LogP contribution is 2.30. The number of imidazole rings is 1. The second kappa shape index (κ2) is 3.48. The van der Waals surface area contributed by atoms with Gasteiger partial charge in [0.1, 0.15) is 21.9 Å². The number of aromatic nitrogens is 3. The molecular formula is C10H8IN3O. The Hall–Kier alpha value is -1.11. The topological polar surface area (TPSA) is 39.9 Å². The summed E-state index contributed by atoms with van der Waals surface area (Å²) in [5, 5.41) is 0. The first-order valence-electron chi connectivity index (χ1n) is 4.64. The molecule has 15 heavy (non-hydrogen) atoms. The van der Waals surface area contributed by atoms with Gasteiger partial charge in [-0.25, -0.2) is 4.98 Å². The van der Waals surface area contributed by atoms with Gasteiger partial charge in [-0.3, -0.25) is 4.98 Å². The van der Waals surface area contributed by atoms with Gasteiger partial charge in [-0.05, 0) is 28.7 Å². The molecule has 0 amide bonds. The smallest absolute Gasteiger partial charge is 0.146 e. The van der Waals surface area contributed by atoms with Gasteiger partial charge in [0.05, 0.1) is 12.1 Å². The molecule has 1 aliphatic heterocycles. The van der Waals surface area contributed by atoms with E-state index in [9.17, 15) is 0 Å². The molecule has 0 fully saturated rings. The van der Waals surface area contributed by atoms with Crippen LogP contribution in [0.3, 0.4) is 0 Å². The van der Waals surface area contributed by atoms with E-state index in [1.165, 1.54) is 0 Å². The zero-order chi connectivity index (χ0) is 10.3. The van der Waals surface area contributed by atoms with Crippen molar-refractivity contribution in [2.45, 2.75) is 6.54 Å². The van der Waals surface area contributed by atoms with Crippen LogP contribution in [-0.2, 0) is 6.54 Å². The highest BCUT2D eigenvalue weighted by Gasteiger charge is 2.17. The predicted molar refractivity (Wildman–Crippen MR) is 63.7 cm³/mol. The average Bonchev–Trinajstić information content (AvgIpc) is 2.52. The number of hydrogen-bond acceptors (Lipinski definition) is 3. The van der Waals surface area contributed by atoms with Crippen LogP contribution >= 0.6 is 22.6 Å². The number of halogens is 1. The number of fused-ring (bicyclic) bond motifs is 3. The van der Waals surface area contributed by atoms with Crippen LogP contribution in [0.15, 0.2) is 24.7 Å². The maximum absolute atomic E-state index is 5.63. The summed E-state index contributed by atoms with van der Waals surface area (Å²) >= 11 is 2.22. The minimum absolute atomic E-state index is 0.677. The standard InChI is InChI=1S/C10H8IN3O/c11-9-6-14-3-4-15-8-1-2-12-5-7(8)10(14)13-9/h1-2,5-6H,3-4H2. The zero-order valence-electron chi connectivity index (χ0n) is 7.85. The van der Waals surface area contributed by atoms with Crippen molar-refractivity contribution < 1.29 is 4.74 Å². The summed E-state index contributed by atoms with van der Waals surface area (Å²) in [7, 11) is 0. The van der Waals surface area contributed by atoms with Crippen molar-refractivity contribution in [3.63, 3.8) is 0 Å². The summed E-state index contributed by atoms with van der Waals surface area (Å²) in [5.41, 5.74) is 0.970. The molecule has 1 aliphatic rings. The Morgan fingerprint density at radius 1 is 1.47 bits per heavy atom. The molecule has 0 atom stereocenters. The Morgan fingerprint density at radius 3 is 3.33 bits per heavy atom. The lowest BCUT2D eigenvalue weighted by molar-refractivity contribution is 0.306. The van der Waals surface area contributed by atoms with Crippen LogP contribution in [0.2, 0.25) is 0 Å². The van der Waals surface area contributed by atoms with Crippen LogP contribution in [0.1, 0.15) is 0 Å². The van der Waals surface area contributed by atoms with Gasteiger partial charge in [0.2, 0.25) is 0 Å². The van der Waals surface area contributed by atoms with Crippen molar-refractivity contribution >= 4 is 22.6 Å². The van der Waals surface area contributed by atoms with Crippen LogP contribution in [0.25, 0.3) is 11.4 Å². The highest BCUT2D eigenvalue weighted by molar-refractivity contribution is 14.1. The third-order valence-electron chi connectivity index (χ3n) is 2.36. The highest BCUT2D eigenvalue weighted by atomic mass is 127. The quantitative estimate of drug-likeness (QED) is 0.698. The number of nitrogens with zero attached hydrogens (tertiary/aromatic N) is 3. The molecule has 4 nitrogen and oxygen atoms in total. The first-order valence-corrected chi connectivity index (χ1v) is 5.72. The van der Waals surface area contributed by atoms with Gasteiger partial charge in [0, 0.05) is 18.6 Å². The molecule has 5 heteroatoms. The molecule has 0 bridgehead atoms. The molecule has 0 radical (unpaired) electrons. The van der Waals surface area contributed by atoms with Crippen LogP contribution in [0.5, 0.6) is 5.75 Å². The molecule has 0 saturated carbocycles. The Labute approximate surface area is 100 Å². The average molecular weight is 313 g/mol. The van der Waals surface area contributed by atoms with Gasteiger partial charge < -0.3 is 9.30 Å². The Morgan fingerprint density at radius 2 is 2.40 bits per heavy atom. The largest absolute Gasteiger partial charge is 0.491 e. The first-order chi connectivity index (χ1) is 7.34. The van der Waals surface area contributed by atoms with Gasteiger partial charge >= 0.3 is 0 Å². The van der Waals surface area contributed by atoms with Gasteiger partial charge in [0.25, 0.3) is 0 Å². The van der Waals surface area contributed by atoms with Crippen LogP contribution < -0.4 is 4.74 Å². The molecule has 76 valence electrons. The molecule has 3 heterocycles. The van der Waals surface area contributed by atoms with E-state index < -0.39 is 0 Å². The molecule has 0 unspecified atom stereocenters. The molecule has 0 N–H and O–H groups in total. The minimum atomic E-state index is 0.677.